The van der Waals surface area contributed by atoms with Gasteiger partial charge in [0.1, 0.15) is 17.2 Å². The highest BCUT2D eigenvalue weighted by Gasteiger charge is 2.00. The third-order valence-corrected chi connectivity index (χ3v) is 5.38. The van der Waals surface area contributed by atoms with Crippen molar-refractivity contribution < 1.29 is 14.2 Å². The third-order valence-electron chi connectivity index (χ3n) is 5.38. The van der Waals surface area contributed by atoms with Crippen LogP contribution in [0.1, 0.15) is 83.1 Å². The summed E-state index contributed by atoms with van der Waals surface area (Å²) in [7, 11) is 0. The van der Waals surface area contributed by atoms with Crippen molar-refractivity contribution in [1.29, 1.82) is 0 Å². The minimum absolute atomic E-state index is 0. The zero-order valence-corrected chi connectivity index (χ0v) is 22.4. The molecular weight excluding hydrogens is 492 g/mol. The second-order valence-corrected chi connectivity index (χ2v) is 8.49. The summed E-state index contributed by atoms with van der Waals surface area (Å²) >= 11 is 0. The number of hydrogen-bond acceptors (Lipinski definition) is 3. The quantitative estimate of drug-likeness (QED) is 0.184. The number of para-hydroxylation sites is 2. The molecule has 0 aliphatic carbocycles. The topological polar surface area (TPSA) is 27.7 Å². The number of unbranched alkanes of at least 4 members (excludes halogenated alkanes) is 1. The summed E-state index contributed by atoms with van der Waals surface area (Å²) < 4.78 is 16.7. The highest BCUT2D eigenvalue weighted by atomic mass is 16.5. The van der Waals surface area contributed by atoms with Gasteiger partial charge in [-0.2, -0.15) is 0 Å². The van der Waals surface area contributed by atoms with Crippen LogP contribution in [0.2, 0.25) is 0 Å². The predicted molar refractivity (Wildman–Crippen MR) is 180 cm³/mol. The van der Waals surface area contributed by atoms with E-state index in [0.717, 1.165) is 49.7 Å². The Kier molecular flexibility index (Phi) is 26.5. The Hall–Kier alpha value is -3.46. The van der Waals surface area contributed by atoms with Crippen LogP contribution < -0.4 is 14.2 Å². The monoisotopic (exact) mass is 550 g/mol. The van der Waals surface area contributed by atoms with E-state index in [4.69, 9.17) is 14.2 Å². The zero-order chi connectivity index (χ0) is 25.8. The first-order valence-electron chi connectivity index (χ1n) is 13.2. The zero-order valence-electron chi connectivity index (χ0n) is 22.4. The second kappa shape index (κ2) is 25.8. The van der Waals surface area contributed by atoms with Crippen LogP contribution in [0.15, 0.2) is 103 Å². The largest absolute Gasteiger partial charge is 0.494 e. The summed E-state index contributed by atoms with van der Waals surface area (Å²) in [5, 5.41) is 2.45. The molecule has 0 spiro atoms. The molecule has 0 amide bonds. The van der Waals surface area contributed by atoms with Crippen molar-refractivity contribution in [2.24, 2.45) is 0 Å². The van der Waals surface area contributed by atoms with E-state index in [0.29, 0.717) is 6.10 Å². The molecule has 0 aromatic heterocycles. The molecular formula is C37H58O3. The fraction of sp³-hybridized carbons (Fsp3) is 0.405. The molecule has 1 unspecified atom stereocenters. The SMILES string of the molecule is C.C.C.C.CCC(C)Oc1ccccc1.CCCCOc1cccc2ccccc12.CCCOc1ccccc1. The van der Waals surface area contributed by atoms with Crippen molar-refractivity contribution in [3.05, 3.63) is 103 Å². The molecule has 3 heteroatoms. The van der Waals surface area contributed by atoms with Crippen molar-refractivity contribution in [1.82, 2.24) is 0 Å². The fourth-order valence-electron chi connectivity index (χ4n) is 3.20. The van der Waals surface area contributed by atoms with Crippen LogP contribution in [0.3, 0.4) is 0 Å². The van der Waals surface area contributed by atoms with Crippen molar-refractivity contribution in [2.45, 2.75) is 89.2 Å². The molecule has 224 valence electrons. The van der Waals surface area contributed by atoms with Gasteiger partial charge in [-0.15, -0.1) is 0 Å². The van der Waals surface area contributed by atoms with E-state index in [-0.39, 0.29) is 29.7 Å². The van der Waals surface area contributed by atoms with Crippen LogP contribution in [-0.4, -0.2) is 19.3 Å². The summed E-state index contributed by atoms with van der Waals surface area (Å²) in [5.74, 6) is 2.92. The molecule has 0 aliphatic heterocycles. The Morgan fingerprint density at radius 2 is 1.10 bits per heavy atom. The lowest BCUT2D eigenvalue weighted by atomic mass is 10.1. The van der Waals surface area contributed by atoms with Crippen molar-refractivity contribution in [3.63, 3.8) is 0 Å². The lowest BCUT2D eigenvalue weighted by Gasteiger charge is -2.11. The van der Waals surface area contributed by atoms with E-state index in [9.17, 15) is 0 Å². The van der Waals surface area contributed by atoms with Crippen molar-refractivity contribution >= 4 is 10.8 Å². The Morgan fingerprint density at radius 3 is 1.68 bits per heavy atom. The number of fused-ring (bicyclic) bond motifs is 1. The summed E-state index contributed by atoms with van der Waals surface area (Å²) in [6, 6.07) is 34.3. The van der Waals surface area contributed by atoms with E-state index < -0.39 is 0 Å². The fourth-order valence-corrected chi connectivity index (χ4v) is 3.20. The first-order chi connectivity index (χ1) is 17.7. The molecule has 0 aliphatic rings. The van der Waals surface area contributed by atoms with Gasteiger partial charge in [0.25, 0.3) is 0 Å². The van der Waals surface area contributed by atoms with E-state index >= 15 is 0 Å². The van der Waals surface area contributed by atoms with Gasteiger partial charge >= 0.3 is 0 Å². The predicted octanol–water partition coefficient (Wildman–Crippen LogP) is 11.9. The summed E-state index contributed by atoms with van der Waals surface area (Å²) in [6.45, 7) is 10.1. The van der Waals surface area contributed by atoms with E-state index in [1.807, 2.05) is 72.8 Å². The maximum atomic E-state index is 5.76. The standard InChI is InChI=1S/C14H16O.C10H14O.C9H12O.4CH4/c1-2-3-11-15-14-10-6-8-12-7-4-5-9-13(12)14;1-3-9(2)11-10-7-5-4-6-8-10;1-2-8-10-9-6-4-3-5-7-9;;;;/h4-10H,2-3,11H2,1H3;4-9H,3H2,1-2H3;3-7H,2,8H2,1H3;4*1H4. The highest BCUT2D eigenvalue weighted by molar-refractivity contribution is 5.88. The lowest BCUT2D eigenvalue weighted by Crippen LogP contribution is -2.09. The molecule has 4 rings (SSSR count). The molecule has 0 heterocycles. The maximum absolute atomic E-state index is 5.76. The first-order valence-corrected chi connectivity index (χ1v) is 13.2. The molecule has 0 N–H and O–H groups in total. The van der Waals surface area contributed by atoms with Crippen molar-refractivity contribution in [3.8, 4) is 17.2 Å². The van der Waals surface area contributed by atoms with Crippen LogP contribution in [-0.2, 0) is 0 Å². The van der Waals surface area contributed by atoms with Gasteiger partial charge in [0.05, 0.1) is 19.3 Å². The normalized spacial score (nSPS) is 9.70. The average Bonchev–Trinajstić information content (AvgIpc) is 2.94. The minimum Gasteiger partial charge on any atom is -0.494 e. The van der Waals surface area contributed by atoms with E-state index in [1.54, 1.807) is 0 Å². The van der Waals surface area contributed by atoms with Gasteiger partial charge in [0.2, 0.25) is 0 Å². The Bertz CT molecular complexity index is 1060. The van der Waals surface area contributed by atoms with E-state index in [2.05, 4.69) is 58.0 Å². The average molecular weight is 551 g/mol. The van der Waals surface area contributed by atoms with Gasteiger partial charge in [0.15, 0.2) is 0 Å². The molecule has 0 fully saturated rings. The lowest BCUT2D eigenvalue weighted by molar-refractivity contribution is 0.217. The van der Waals surface area contributed by atoms with E-state index in [1.165, 1.54) is 17.2 Å². The van der Waals surface area contributed by atoms with Crippen LogP contribution in [0, 0.1) is 0 Å². The molecule has 3 nitrogen and oxygen atoms in total. The summed E-state index contributed by atoms with van der Waals surface area (Å²) in [6.07, 6.45) is 4.72. The summed E-state index contributed by atoms with van der Waals surface area (Å²) in [4.78, 5) is 0. The number of hydrogen-bond donors (Lipinski definition) is 0. The van der Waals surface area contributed by atoms with Gasteiger partial charge in [-0.25, -0.2) is 0 Å². The Morgan fingerprint density at radius 1 is 0.550 bits per heavy atom. The molecule has 40 heavy (non-hydrogen) atoms. The highest BCUT2D eigenvalue weighted by Crippen LogP contribution is 2.25. The van der Waals surface area contributed by atoms with Gasteiger partial charge in [-0.3, -0.25) is 0 Å². The van der Waals surface area contributed by atoms with Crippen LogP contribution in [0.25, 0.3) is 10.8 Å². The van der Waals surface area contributed by atoms with Crippen LogP contribution >= 0.6 is 0 Å². The van der Waals surface area contributed by atoms with Crippen LogP contribution in [0.5, 0.6) is 17.2 Å². The summed E-state index contributed by atoms with van der Waals surface area (Å²) in [5.41, 5.74) is 0. The van der Waals surface area contributed by atoms with Crippen molar-refractivity contribution in [2.75, 3.05) is 13.2 Å². The second-order valence-electron chi connectivity index (χ2n) is 8.49. The molecule has 0 bridgehead atoms. The molecule has 4 aromatic carbocycles. The maximum Gasteiger partial charge on any atom is 0.127 e. The Labute approximate surface area is 247 Å². The minimum atomic E-state index is 0. The molecule has 4 aromatic rings. The number of benzene rings is 4. The van der Waals surface area contributed by atoms with Gasteiger partial charge in [-0.1, -0.05) is 130 Å². The molecule has 1 atom stereocenters. The number of rotatable bonds is 10. The first kappa shape index (κ1) is 41.0. The third kappa shape index (κ3) is 16.5. The molecule has 0 radical (unpaired) electrons. The smallest absolute Gasteiger partial charge is 0.127 e. The van der Waals surface area contributed by atoms with Gasteiger partial charge in [-0.05, 0) is 61.9 Å². The van der Waals surface area contributed by atoms with Gasteiger partial charge in [0, 0.05) is 5.39 Å². The Balaban J connectivity index is -0.000000500. The van der Waals surface area contributed by atoms with Crippen LogP contribution in [0.4, 0.5) is 0 Å². The molecule has 0 saturated carbocycles. The number of ether oxygens (including phenoxy) is 3. The molecule has 0 saturated heterocycles. The van der Waals surface area contributed by atoms with Gasteiger partial charge < -0.3 is 14.2 Å².